The van der Waals surface area contributed by atoms with E-state index < -0.39 is 0 Å². The van der Waals surface area contributed by atoms with Crippen molar-refractivity contribution < 1.29 is 19.1 Å². The fourth-order valence-corrected chi connectivity index (χ4v) is 4.57. The zero-order valence-corrected chi connectivity index (χ0v) is 17.6. The lowest BCUT2D eigenvalue weighted by Crippen LogP contribution is -2.31. The molecule has 1 fully saturated rings. The largest absolute Gasteiger partial charge is 0.497 e. The molecule has 1 atom stereocenters. The van der Waals surface area contributed by atoms with Gasteiger partial charge in [0.2, 0.25) is 0 Å². The maximum absolute atomic E-state index is 12.5. The fourth-order valence-electron chi connectivity index (χ4n) is 4.57. The monoisotopic (exact) mass is 408 g/mol. The van der Waals surface area contributed by atoms with Crippen molar-refractivity contribution >= 4 is 11.8 Å². The van der Waals surface area contributed by atoms with E-state index in [2.05, 4.69) is 11.0 Å². The molecule has 6 heteroatoms. The van der Waals surface area contributed by atoms with Gasteiger partial charge in [0.25, 0.3) is 11.8 Å². The van der Waals surface area contributed by atoms with Crippen LogP contribution in [0.5, 0.6) is 11.5 Å². The molecule has 1 unspecified atom stereocenters. The van der Waals surface area contributed by atoms with Crippen LogP contribution in [-0.4, -0.2) is 55.5 Å². The maximum Gasteiger partial charge on any atom is 0.261 e. The molecule has 2 aliphatic rings. The van der Waals surface area contributed by atoms with Crippen LogP contribution in [0.4, 0.5) is 0 Å². The van der Waals surface area contributed by atoms with Gasteiger partial charge in [0.15, 0.2) is 0 Å². The fraction of sp³-hybridized carbons (Fsp3) is 0.417. The van der Waals surface area contributed by atoms with Crippen LogP contribution < -0.4 is 9.47 Å². The first-order chi connectivity index (χ1) is 14.6. The number of carbonyl (C=O) groups is 2. The normalized spacial score (nSPS) is 18.7. The highest BCUT2D eigenvalue weighted by Crippen LogP contribution is 2.38. The number of hydrogen-bond donors (Lipinski definition) is 0. The highest BCUT2D eigenvalue weighted by atomic mass is 16.5. The van der Waals surface area contributed by atoms with Gasteiger partial charge in [0.1, 0.15) is 11.5 Å². The Balaban J connectivity index is 1.34. The summed E-state index contributed by atoms with van der Waals surface area (Å²) in [5.74, 6) is 1.31. The van der Waals surface area contributed by atoms with Crippen molar-refractivity contribution in [3.63, 3.8) is 0 Å². The number of unbranched alkanes of at least 4 members (excludes halogenated alkanes) is 1. The Morgan fingerprint density at radius 2 is 1.63 bits per heavy atom. The molecule has 1 saturated heterocycles. The molecule has 2 aromatic carbocycles. The topological polar surface area (TPSA) is 59.1 Å². The van der Waals surface area contributed by atoms with E-state index in [9.17, 15) is 9.59 Å². The molecule has 0 aliphatic carbocycles. The number of imide groups is 1. The lowest BCUT2D eigenvalue weighted by Gasteiger charge is -2.26. The van der Waals surface area contributed by atoms with Gasteiger partial charge in [-0.2, -0.15) is 0 Å². The summed E-state index contributed by atoms with van der Waals surface area (Å²) >= 11 is 0. The van der Waals surface area contributed by atoms with E-state index in [1.807, 2.05) is 12.1 Å². The average Bonchev–Trinajstić information content (AvgIpc) is 3.34. The van der Waals surface area contributed by atoms with Gasteiger partial charge in [-0.15, -0.1) is 0 Å². The number of likely N-dealkylation sites (tertiary alicyclic amines) is 1. The molecule has 2 aliphatic heterocycles. The van der Waals surface area contributed by atoms with E-state index >= 15 is 0 Å². The Labute approximate surface area is 177 Å². The van der Waals surface area contributed by atoms with Crippen LogP contribution in [0.15, 0.2) is 42.5 Å². The average molecular weight is 408 g/mol. The molecule has 6 nitrogen and oxygen atoms in total. The Hall–Kier alpha value is -2.86. The molecular formula is C24H28N2O4. The number of amides is 2. The van der Waals surface area contributed by atoms with Gasteiger partial charge in [0.05, 0.1) is 25.3 Å². The molecule has 0 spiro atoms. The molecule has 2 amide bonds. The van der Waals surface area contributed by atoms with Crippen LogP contribution in [0.3, 0.4) is 0 Å². The van der Waals surface area contributed by atoms with E-state index in [1.165, 1.54) is 10.5 Å². The van der Waals surface area contributed by atoms with Crippen LogP contribution in [0.2, 0.25) is 0 Å². The van der Waals surface area contributed by atoms with Gasteiger partial charge in [-0.05, 0) is 57.0 Å². The van der Waals surface area contributed by atoms with Gasteiger partial charge in [-0.25, -0.2) is 0 Å². The molecule has 0 aromatic heterocycles. The zero-order valence-electron chi connectivity index (χ0n) is 17.6. The minimum absolute atomic E-state index is 0.169. The summed E-state index contributed by atoms with van der Waals surface area (Å²) < 4.78 is 10.9. The minimum Gasteiger partial charge on any atom is -0.497 e. The molecule has 0 N–H and O–H groups in total. The van der Waals surface area contributed by atoms with E-state index in [-0.39, 0.29) is 11.8 Å². The number of nitrogens with zero attached hydrogens (tertiary/aromatic N) is 2. The zero-order chi connectivity index (χ0) is 21.1. The summed E-state index contributed by atoms with van der Waals surface area (Å²) in [5, 5.41) is 0. The molecule has 30 heavy (non-hydrogen) atoms. The van der Waals surface area contributed by atoms with Gasteiger partial charge >= 0.3 is 0 Å². The lowest BCUT2D eigenvalue weighted by atomic mass is 10.0. The Morgan fingerprint density at radius 3 is 2.30 bits per heavy atom. The number of fused-ring (bicyclic) bond motifs is 1. The molecular weight excluding hydrogens is 380 g/mol. The number of rotatable bonds is 8. The van der Waals surface area contributed by atoms with Crippen molar-refractivity contribution in [3.05, 3.63) is 59.2 Å². The second kappa shape index (κ2) is 8.88. The number of ether oxygens (including phenoxy) is 2. The molecule has 158 valence electrons. The van der Waals surface area contributed by atoms with E-state index in [1.54, 1.807) is 38.5 Å². The Kier molecular flexibility index (Phi) is 6.04. The molecule has 2 aromatic rings. The van der Waals surface area contributed by atoms with Crippen molar-refractivity contribution in [1.29, 1.82) is 0 Å². The van der Waals surface area contributed by atoms with Crippen LogP contribution in [-0.2, 0) is 0 Å². The first-order valence-electron chi connectivity index (χ1n) is 10.5. The quantitative estimate of drug-likeness (QED) is 0.490. The first kappa shape index (κ1) is 20.4. The highest BCUT2D eigenvalue weighted by Gasteiger charge is 2.34. The summed E-state index contributed by atoms with van der Waals surface area (Å²) in [5.41, 5.74) is 2.23. The van der Waals surface area contributed by atoms with E-state index in [4.69, 9.17) is 9.47 Å². The maximum atomic E-state index is 12.5. The van der Waals surface area contributed by atoms with Crippen LogP contribution in [0.1, 0.15) is 58.0 Å². The summed E-state index contributed by atoms with van der Waals surface area (Å²) in [6, 6.07) is 13.4. The third kappa shape index (κ3) is 3.79. The summed E-state index contributed by atoms with van der Waals surface area (Å²) in [4.78, 5) is 28.8. The van der Waals surface area contributed by atoms with Crippen molar-refractivity contribution in [3.8, 4) is 11.5 Å². The Morgan fingerprint density at radius 1 is 0.933 bits per heavy atom. The molecule has 0 radical (unpaired) electrons. The van der Waals surface area contributed by atoms with Crippen LogP contribution in [0, 0.1) is 0 Å². The molecule has 0 saturated carbocycles. The van der Waals surface area contributed by atoms with Gasteiger partial charge in [-0.3, -0.25) is 19.4 Å². The van der Waals surface area contributed by atoms with Crippen LogP contribution in [0.25, 0.3) is 0 Å². The minimum atomic E-state index is -0.169. The van der Waals surface area contributed by atoms with Crippen molar-refractivity contribution in [2.45, 2.75) is 31.7 Å². The number of hydrogen-bond acceptors (Lipinski definition) is 5. The third-order valence-corrected chi connectivity index (χ3v) is 6.12. The van der Waals surface area contributed by atoms with Crippen molar-refractivity contribution in [1.82, 2.24) is 9.80 Å². The van der Waals surface area contributed by atoms with Gasteiger partial charge in [0, 0.05) is 24.2 Å². The number of carbonyl (C=O) groups excluding carboxylic acids is 2. The summed E-state index contributed by atoms with van der Waals surface area (Å²) in [6.45, 7) is 2.45. The smallest absolute Gasteiger partial charge is 0.261 e. The predicted octanol–water partition coefficient (Wildman–Crippen LogP) is 3.92. The second-order valence-corrected chi connectivity index (χ2v) is 7.82. The van der Waals surface area contributed by atoms with Crippen molar-refractivity contribution in [2.75, 3.05) is 33.9 Å². The first-order valence-corrected chi connectivity index (χ1v) is 10.5. The highest BCUT2D eigenvalue weighted by molar-refractivity contribution is 6.21. The lowest BCUT2D eigenvalue weighted by molar-refractivity contribution is 0.0650. The van der Waals surface area contributed by atoms with Crippen molar-refractivity contribution in [2.24, 2.45) is 0 Å². The molecule has 2 heterocycles. The second-order valence-electron chi connectivity index (χ2n) is 7.82. The van der Waals surface area contributed by atoms with Gasteiger partial charge in [-0.1, -0.05) is 18.2 Å². The van der Waals surface area contributed by atoms with E-state index in [0.717, 1.165) is 50.3 Å². The summed E-state index contributed by atoms with van der Waals surface area (Å²) in [7, 11) is 3.35. The molecule has 0 bridgehead atoms. The Bertz CT molecular complexity index is 908. The van der Waals surface area contributed by atoms with E-state index in [0.29, 0.717) is 23.7 Å². The van der Waals surface area contributed by atoms with Gasteiger partial charge < -0.3 is 9.47 Å². The SMILES string of the molecule is COc1ccc(C2CCCN2CCCCN2C(=O)c3ccccc3C2=O)c(OC)c1. The number of benzene rings is 2. The van der Waals surface area contributed by atoms with Crippen LogP contribution >= 0.6 is 0 Å². The summed E-state index contributed by atoms with van der Waals surface area (Å²) in [6.07, 6.45) is 3.98. The predicted molar refractivity (Wildman–Crippen MR) is 114 cm³/mol. The molecule has 4 rings (SSSR count). The number of methoxy groups -OCH3 is 2. The standard InChI is InChI=1S/C24H28N2O4/c1-29-17-11-12-20(22(16-17)30-2)21-10-7-14-25(21)13-5-6-15-26-23(27)18-8-3-4-9-19(18)24(26)28/h3-4,8-9,11-12,16,21H,5-7,10,13-15H2,1-2H3. The third-order valence-electron chi connectivity index (χ3n) is 6.12.